The molecular weight excluding hydrogens is 336 g/mol. The monoisotopic (exact) mass is 358 g/mol. The lowest BCUT2D eigenvalue weighted by Gasteiger charge is -2.09. The van der Waals surface area contributed by atoms with Crippen molar-refractivity contribution in [1.82, 2.24) is 0 Å². The molecule has 0 N–H and O–H groups in total. The first-order chi connectivity index (χ1) is 12.1. The van der Waals surface area contributed by atoms with E-state index in [-0.39, 0.29) is 11.9 Å². The molecule has 1 fully saturated rings. The second-order valence-electron chi connectivity index (χ2n) is 6.09. The third-order valence-corrected chi connectivity index (χ3v) is 5.90. The zero-order valence-corrected chi connectivity index (χ0v) is 14.8. The first-order valence-corrected chi connectivity index (χ1v) is 9.98. The highest BCUT2D eigenvalue weighted by molar-refractivity contribution is 7.91. The summed E-state index contributed by atoms with van der Waals surface area (Å²) in [4.78, 5) is 0.349. The van der Waals surface area contributed by atoms with E-state index in [4.69, 9.17) is 9.47 Å². The summed E-state index contributed by atoms with van der Waals surface area (Å²) in [5.41, 5.74) is 2.23. The van der Waals surface area contributed by atoms with Crippen LogP contribution in [-0.2, 0) is 25.9 Å². The molecule has 1 atom stereocenters. The molecule has 0 amide bonds. The fraction of sp³-hybridized carbons (Fsp3) is 0.300. The van der Waals surface area contributed by atoms with Crippen LogP contribution in [0.4, 0.5) is 0 Å². The first kappa shape index (κ1) is 17.9. The molecule has 5 heteroatoms. The molecular formula is C20H22O4S. The fourth-order valence-electron chi connectivity index (χ4n) is 2.78. The number of benzene rings is 2. The van der Waals surface area contributed by atoms with Crippen LogP contribution in [0.2, 0.25) is 0 Å². The molecule has 2 aromatic carbocycles. The molecule has 0 saturated carbocycles. The Balaban J connectivity index is 1.47. The van der Waals surface area contributed by atoms with Crippen LogP contribution in [-0.4, -0.2) is 33.5 Å². The summed E-state index contributed by atoms with van der Waals surface area (Å²) < 4.78 is 36.0. The van der Waals surface area contributed by atoms with E-state index in [0.29, 0.717) is 31.1 Å². The van der Waals surface area contributed by atoms with Gasteiger partial charge in [0.2, 0.25) is 0 Å². The zero-order valence-electron chi connectivity index (χ0n) is 14.0. The second-order valence-corrected chi connectivity index (χ2v) is 8.13. The van der Waals surface area contributed by atoms with Crippen molar-refractivity contribution in [3.63, 3.8) is 0 Å². The van der Waals surface area contributed by atoms with Gasteiger partial charge in [-0.15, -0.1) is 0 Å². The van der Waals surface area contributed by atoms with Crippen LogP contribution in [0, 0.1) is 0 Å². The molecule has 0 spiro atoms. The molecule has 1 heterocycles. The highest BCUT2D eigenvalue weighted by atomic mass is 32.2. The van der Waals surface area contributed by atoms with Gasteiger partial charge in [-0.25, -0.2) is 8.42 Å². The van der Waals surface area contributed by atoms with Crippen molar-refractivity contribution >= 4 is 9.84 Å². The third kappa shape index (κ3) is 5.26. The summed E-state index contributed by atoms with van der Waals surface area (Å²) in [7, 11) is -3.31. The van der Waals surface area contributed by atoms with Crippen molar-refractivity contribution in [3.05, 3.63) is 77.9 Å². The molecule has 25 heavy (non-hydrogen) atoms. The van der Waals surface area contributed by atoms with Gasteiger partial charge in [-0.3, -0.25) is 0 Å². The number of ether oxygens (including phenoxy) is 2. The van der Waals surface area contributed by atoms with Crippen LogP contribution in [0.1, 0.15) is 12.0 Å². The summed E-state index contributed by atoms with van der Waals surface area (Å²) >= 11 is 0. The topological polar surface area (TPSA) is 52.6 Å². The maximum absolute atomic E-state index is 12.4. The Kier molecular flexibility index (Phi) is 6.02. The smallest absolute Gasteiger partial charge is 0.180 e. The Morgan fingerprint density at radius 2 is 1.72 bits per heavy atom. The van der Waals surface area contributed by atoms with Crippen molar-refractivity contribution in [2.24, 2.45) is 0 Å². The largest absolute Gasteiger partial charge is 0.373 e. The van der Waals surface area contributed by atoms with E-state index in [2.05, 4.69) is 0 Å². The van der Waals surface area contributed by atoms with E-state index in [1.165, 1.54) is 0 Å². The van der Waals surface area contributed by atoms with Crippen LogP contribution >= 0.6 is 0 Å². The lowest BCUT2D eigenvalue weighted by molar-refractivity contribution is 0.130. The summed E-state index contributed by atoms with van der Waals surface area (Å²) in [6.45, 7) is 1.55. The van der Waals surface area contributed by atoms with Gasteiger partial charge in [0, 0.05) is 0 Å². The number of hydrogen-bond acceptors (Lipinski definition) is 4. The molecule has 0 aromatic heterocycles. The number of sulfone groups is 1. The Bertz CT molecular complexity index is 798. The average molecular weight is 358 g/mol. The average Bonchev–Trinajstić information content (AvgIpc) is 3.07. The lowest BCUT2D eigenvalue weighted by Crippen LogP contribution is -2.20. The van der Waals surface area contributed by atoms with Crippen molar-refractivity contribution in [2.75, 3.05) is 19.0 Å². The third-order valence-electron chi connectivity index (χ3n) is 4.10. The maximum atomic E-state index is 12.4. The van der Waals surface area contributed by atoms with Gasteiger partial charge in [0.05, 0.1) is 36.6 Å². The van der Waals surface area contributed by atoms with Crippen LogP contribution in [0.25, 0.3) is 0 Å². The van der Waals surface area contributed by atoms with Crippen molar-refractivity contribution in [2.45, 2.75) is 24.0 Å². The van der Waals surface area contributed by atoms with Gasteiger partial charge < -0.3 is 9.47 Å². The SMILES string of the molecule is O=S(=O)(CC1C/C(=C\COCc2ccccc2)CO1)c1ccccc1. The molecule has 2 aromatic rings. The summed E-state index contributed by atoms with van der Waals surface area (Å²) in [6, 6.07) is 18.5. The van der Waals surface area contributed by atoms with Crippen molar-refractivity contribution in [3.8, 4) is 0 Å². The van der Waals surface area contributed by atoms with Crippen LogP contribution in [0.15, 0.2) is 77.2 Å². The number of rotatable bonds is 7. The minimum Gasteiger partial charge on any atom is -0.373 e. The minimum absolute atomic E-state index is 0.0131. The quantitative estimate of drug-likeness (QED) is 0.562. The van der Waals surface area contributed by atoms with E-state index >= 15 is 0 Å². The molecule has 0 aliphatic carbocycles. The maximum Gasteiger partial charge on any atom is 0.180 e. The van der Waals surface area contributed by atoms with Gasteiger partial charge in [-0.1, -0.05) is 54.6 Å². The lowest BCUT2D eigenvalue weighted by atomic mass is 10.2. The Labute approximate surface area is 149 Å². The van der Waals surface area contributed by atoms with Gasteiger partial charge >= 0.3 is 0 Å². The fourth-order valence-corrected chi connectivity index (χ4v) is 4.25. The highest BCUT2D eigenvalue weighted by Crippen LogP contribution is 2.22. The van der Waals surface area contributed by atoms with Crippen LogP contribution in [0.3, 0.4) is 0 Å². The predicted octanol–water partition coefficient (Wildman–Crippen LogP) is 3.39. The molecule has 1 unspecified atom stereocenters. The molecule has 4 nitrogen and oxygen atoms in total. The highest BCUT2D eigenvalue weighted by Gasteiger charge is 2.26. The molecule has 1 aliphatic heterocycles. The van der Waals surface area contributed by atoms with Crippen LogP contribution < -0.4 is 0 Å². The molecule has 1 saturated heterocycles. The van der Waals surface area contributed by atoms with Crippen molar-refractivity contribution < 1.29 is 17.9 Å². The van der Waals surface area contributed by atoms with Crippen molar-refractivity contribution in [1.29, 1.82) is 0 Å². The minimum atomic E-state index is -3.31. The first-order valence-electron chi connectivity index (χ1n) is 8.32. The van der Waals surface area contributed by atoms with Gasteiger partial charge in [0.15, 0.2) is 9.84 Å². The van der Waals surface area contributed by atoms with E-state index in [0.717, 1.165) is 11.1 Å². The van der Waals surface area contributed by atoms with E-state index < -0.39 is 9.84 Å². The Morgan fingerprint density at radius 1 is 1.04 bits per heavy atom. The van der Waals surface area contributed by atoms with Crippen LogP contribution in [0.5, 0.6) is 0 Å². The van der Waals surface area contributed by atoms with E-state index in [9.17, 15) is 8.42 Å². The van der Waals surface area contributed by atoms with Gasteiger partial charge in [-0.05, 0) is 29.7 Å². The molecule has 3 rings (SSSR count). The summed E-state index contributed by atoms with van der Waals surface area (Å²) in [6.07, 6.45) is 2.35. The summed E-state index contributed by atoms with van der Waals surface area (Å²) in [5.74, 6) is 0.0131. The van der Waals surface area contributed by atoms with Gasteiger partial charge in [0.25, 0.3) is 0 Å². The predicted molar refractivity (Wildman–Crippen MR) is 97.0 cm³/mol. The Morgan fingerprint density at radius 3 is 2.44 bits per heavy atom. The number of hydrogen-bond donors (Lipinski definition) is 0. The molecule has 0 radical (unpaired) electrons. The second kappa shape index (κ2) is 8.43. The van der Waals surface area contributed by atoms with E-state index in [1.54, 1.807) is 30.3 Å². The molecule has 132 valence electrons. The zero-order chi connectivity index (χ0) is 17.5. The standard InChI is InChI=1S/C20H22O4S/c21-25(22,20-9-5-2-6-10-20)16-19-13-18(15-24-19)11-12-23-14-17-7-3-1-4-8-17/h1-11,19H,12-16H2/b18-11+. The molecule has 1 aliphatic rings. The van der Waals surface area contributed by atoms with E-state index in [1.807, 2.05) is 36.4 Å². The van der Waals surface area contributed by atoms with Gasteiger partial charge in [-0.2, -0.15) is 0 Å². The summed E-state index contributed by atoms with van der Waals surface area (Å²) in [5, 5.41) is 0. The Hall–Kier alpha value is -1.95. The normalized spacial score (nSPS) is 19.4. The van der Waals surface area contributed by atoms with Gasteiger partial charge in [0.1, 0.15) is 0 Å². The molecule has 0 bridgehead atoms.